The van der Waals surface area contributed by atoms with Crippen molar-refractivity contribution in [2.75, 3.05) is 0 Å². The van der Waals surface area contributed by atoms with Gasteiger partial charge in [-0.05, 0) is 49.7 Å². The van der Waals surface area contributed by atoms with Crippen molar-refractivity contribution >= 4 is 18.3 Å². The highest BCUT2D eigenvalue weighted by Crippen LogP contribution is 2.39. The number of aromatic nitrogens is 4. The van der Waals surface area contributed by atoms with Crippen LogP contribution in [-0.2, 0) is 4.79 Å². The van der Waals surface area contributed by atoms with Gasteiger partial charge >= 0.3 is 0 Å². The summed E-state index contributed by atoms with van der Waals surface area (Å²) in [4.78, 5) is 14.2. The van der Waals surface area contributed by atoms with Crippen molar-refractivity contribution in [2.45, 2.75) is 57.2 Å². The molecular weight excluding hydrogens is 364 g/mol. The fraction of sp³-hybridized carbons (Fsp3) is 0.579. The van der Waals surface area contributed by atoms with Crippen LogP contribution < -0.4 is 11.1 Å². The quantitative estimate of drug-likeness (QED) is 0.834. The molecule has 2 bridgehead atoms. The number of carbonyl (C=O) groups is 1. The number of benzene rings is 1. The summed E-state index contributed by atoms with van der Waals surface area (Å²) in [5.41, 5.74) is 7.07. The first-order chi connectivity index (χ1) is 12.6. The van der Waals surface area contributed by atoms with E-state index in [-0.39, 0.29) is 30.4 Å². The van der Waals surface area contributed by atoms with Crippen molar-refractivity contribution in [2.24, 2.45) is 17.6 Å². The fourth-order valence-corrected chi connectivity index (χ4v) is 4.51. The summed E-state index contributed by atoms with van der Waals surface area (Å²) < 4.78 is 0. The highest BCUT2D eigenvalue weighted by molar-refractivity contribution is 5.85. The Balaban J connectivity index is 0.00000210. The Hall–Kier alpha value is -1.99. The van der Waals surface area contributed by atoms with Crippen molar-refractivity contribution < 1.29 is 4.79 Å². The Bertz CT molecular complexity index is 753. The number of nitrogens with two attached hydrogens (primary N) is 1. The van der Waals surface area contributed by atoms with Crippen LogP contribution in [0.25, 0.3) is 11.4 Å². The smallest absolute Gasteiger partial charge is 0.246 e. The highest BCUT2D eigenvalue weighted by atomic mass is 35.5. The molecule has 3 atom stereocenters. The zero-order valence-electron chi connectivity index (χ0n) is 15.5. The molecule has 2 fully saturated rings. The lowest BCUT2D eigenvalue weighted by Gasteiger charge is -2.45. The maximum absolute atomic E-state index is 12.8. The molecule has 3 unspecified atom stereocenters. The number of tetrazole rings is 1. The summed E-state index contributed by atoms with van der Waals surface area (Å²) in [5.74, 6) is 1.49. The molecule has 8 heteroatoms. The third-order valence-corrected chi connectivity index (χ3v) is 5.87. The standard InChI is InChI=1S/C19H26N6O.ClH/c1-12(25-23-18(22-24-25)13-6-3-2-4-7-13)19(26)21-17-14-8-5-9-15(17)11-16(20)10-14;/h2-4,6-7,12,14-17H,5,8-11,20H2,1H3,(H,21,26);1H. The minimum absolute atomic E-state index is 0. The van der Waals surface area contributed by atoms with E-state index >= 15 is 0 Å². The van der Waals surface area contributed by atoms with Gasteiger partial charge in [0.05, 0.1) is 0 Å². The molecule has 2 aliphatic rings. The molecule has 27 heavy (non-hydrogen) atoms. The van der Waals surface area contributed by atoms with Crippen LogP contribution in [0.1, 0.15) is 45.1 Å². The van der Waals surface area contributed by atoms with Crippen LogP contribution in [0.4, 0.5) is 0 Å². The van der Waals surface area contributed by atoms with E-state index in [1.165, 1.54) is 11.2 Å². The lowest BCUT2D eigenvalue weighted by atomic mass is 9.67. The van der Waals surface area contributed by atoms with Crippen LogP contribution >= 0.6 is 12.4 Å². The second-order valence-electron chi connectivity index (χ2n) is 7.69. The highest BCUT2D eigenvalue weighted by Gasteiger charge is 2.40. The maximum atomic E-state index is 12.8. The molecule has 2 aliphatic carbocycles. The number of carbonyl (C=O) groups excluding carboxylic acids is 1. The second-order valence-corrected chi connectivity index (χ2v) is 7.69. The normalized spacial score (nSPS) is 28.1. The Morgan fingerprint density at radius 2 is 1.89 bits per heavy atom. The van der Waals surface area contributed by atoms with Gasteiger partial charge in [0.2, 0.25) is 11.7 Å². The van der Waals surface area contributed by atoms with Gasteiger partial charge in [-0.1, -0.05) is 36.8 Å². The largest absolute Gasteiger partial charge is 0.351 e. The lowest BCUT2D eigenvalue weighted by Crippen LogP contribution is -2.54. The number of amides is 1. The summed E-state index contributed by atoms with van der Waals surface area (Å²) in [6.45, 7) is 1.82. The fourth-order valence-electron chi connectivity index (χ4n) is 4.51. The van der Waals surface area contributed by atoms with Gasteiger partial charge in [-0.2, -0.15) is 4.80 Å². The topological polar surface area (TPSA) is 98.7 Å². The first-order valence-corrected chi connectivity index (χ1v) is 9.52. The molecule has 146 valence electrons. The maximum Gasteiger partial charge on any atom is 0.246 e. The minimum Gasteiger partial charge on any atom is -0.351 e. The van der Waals surface area contributed by atoms with Crippen molar-refractivity contribution in [3.8, 4) is 11.4 Å². The first-order valence-electron chi connectivity index (χ1n) is 9.52. The molecule has 3 N–H and O–H groups in total. The summed E-state index contributed by atoms with van der Waals surface area (Å²) in [6.07, 6.45) is 5.58. The lowest BCUT2D eigenvalue weighted by molar-refractivity contribution is -0.126. The number of rotatable bonds is 4. The second kappa shape index (κ2) is 8.35. The predicted octanol–water partition coefficient (Wildman–Crippen LogP) is 2.35. The summed E-state index contributed by atoms with van der Waals surface area (Å²) in [7, 11) is 0. The first kappa shape index (κ1) is 19.8. The number of nitrogens with one attached hydrogen (secondary N) is 1. The average molecular weight is 391 g/mol. The third kappa shape index (κ3) is 4.14. The van der Waals surface area contributed by atoms with Gasteiger partial charge in [-0.3, -0.25) is 4.79 Å². The van der Waals surface area contributed by atoms with E-state index in [4.69, 9.17) is 5.73 Å². The Morgan fingerprint density at radius 1 is 1.22 bits per heavy atom. The van der Waals surface area contributed by atoms with Gasteiger partial charge in [0.25, 0.3) is 0 Å². The van der Waals surface area contributed by atoms with E-state index in [1.807, 2.05) is 37.3 Å². The third-order valence-electron chi connectivity index (χ3n) is 5.87. The van der Waals surface area contributed by atoms with E-state index in [2.05, 4.69) is 20.7 Å². The van der Waals surface area contributed by atoms with Crippen LogP contribution in [0.15, 0.2) is 30.3 Å². The molecule has 0 radical (unpaired) electrons. The van der Waals surface area contributed by atoms with Gasteiger partial charge < -0.3 is 11.1 Å². The number of fused-ring (bicyclic) bond motifs is 2. The van der Waals surface area contributed by atoms with E-state index in [1.54, 1.807) is 0 Å². The number of halogens is 1. The SMILES string of the molecule is CC(C(=O)NC1C2CCCC1CC(N)C2)n1nnc(-c2ccccc2)n1.Cl. The van der Waals surface area contributed by atoms with E-state index in [0.717, 1.165) is 31.2 Å². The summed E-state index contributed by atoms with van der Waals surface area (Å²) in [5, 5.41) is 15.8. The number of hydrogen-bond acceptors (Lipinski definition) is 5. The zero-order valence-corrected chi connectivity index (χ0v) is 16.3. The number of hydrogen-bond donors (Lipinski definition) is 2. The predicted molar refractivity (Wildman–Crippen MR) is 105 cm³/mol. The molecular formula is C19H27ClN6O. The van der Waals surface area contributed by atoms with Gasteiger partial charge in [0, 0.05) is 17.6 Å². The summed E-state index contributed by atoms with van der Waals surface area (Å²) >= 11 is 0. The zero-order chi connectivity index (χ0) is 18.1. The van der Waals surface area contributed by atoms with Crippen LogP contribution in [0.3, 0.4) is 0 Å². The Kier molecular flexibility index (Phi) is 6.11. The molecule has 0 saturated heterocycles. The van der Waals surface area contributed by atoms with Gasteiger partial charge in [-0.15, -0.1) is 22.6 Å². The van der Waals surface area contributed by atoms with Gasteiger partial charge in [-0.25, -0.2) is 0 Å². The monoisotopic (exact) mass is 390 g/mol. The van der Waals surface area contributed by atoms with Crippen molar-refractivity contribution in [3.63, 3.8) is 0 Å². The van der Waals surface area contributed by atoms with Crippen molar-refractivity contribution in [3.05, 3.63) is 30.3 Å². The Morgan fingerprint density at radius 3 is 2.56 bits per heavy atom. The molecule has 1 aromatic heterocycles. The summed E-state index contributed by atoms with van der Waals surface area (Å²) in [6, 6.07) is 9.68. The molecule has 7 nitrogen and oxygen atoms in total. The molecule has 0 aliphatic heterocycles. The van der Waals surface area contributed by atoms with E-state index in [9.17, 15) is 4.79 Å². The molecule has 4 rings (SSSR count). The van der Waals surface area contributed by atoms with E-state index in [0.29, 0.717) is 17.7 Å². The Labute approximate surface area is 165 Å². The molecule has 1 aromatic carbocycles. The molecule has 0 spiro atoms. The van der Waals surface area contributed by atoms with Gasteiger partial charge in [0.15, 0.2) is 0 Å². The van der Waals surface area contributed by atoms with Crippen molar-refractivity contribution in [1.82, 2.24) is 25.5 Å². The molecule has 1 amide bonds. The number of nitrogens with zero attached hydrogens (tertiary/aromatic N) is 4. The van der Waals surface area contributed by atoms with Crippen LogP contribution in [-0.4, -0.2) is 38.2 Å². The van der Waals surface area contributed by atoms with Gasteiger partial charge in [0.1, 0.15) is 6.04 Å². The van der Waals surface area contributed by atoms with E-state index < -0.39 is 6.04 Å². The molecule has 2 saturated carbocycles. The van der Waals surface area contributed by atoms with Crippen molar-refractivity contribution in [1.29, 1.82) is 0 Å². The van der Waals surface area contributed by atoms with Crippen LogP contribution in [0.5, 0.6) is 0 Å². The minimum atomic E-state index is -0.490. The average Bonchev–Trinajstić information content (AvgIpc) is 3.12. The van der Waals surface area contributed by atoms with Crippen LogP contribution in [0.2, 0.25) is 0 Å². The molecule has 2 aromatic rings. The van der Waals surface area contributed by atoms with Crippen LogP contribution in [0, 0.1) is 11.8 Å². The molecule has 1 heterocycles.